The standard InChI is InChI=1S/C21H25NO/c1-2-23-21-13-7-6-10-20(21)22-15-18-12-11-17(14-19(18)21)16-8-4-3-5-9-16/h3-10,13,17,20,22H,2,11-12,14-15H2,1H3. The van der Waals surface area contributed by atoms with Gasteiger partial charge in [0.05, 0.1) is 6.04 Å². The number of benzene rings is 1. The summed E-state index contributed by atoms with van der Waals surface area (Å²) in [5.74, 6) is 0.616. The lowest BCUT2D eigenvalue weighted by Crippen LogP contribution is -2.57. The summed E-state index contributed by atoms with van der Waals surface area (Å²) in [4.78, 5) is 0. The van der Waals surface area contributed by atoms with Gasteiger partial charge in [-0.3, -0.25) is 0 Å². The Morgan fingerprint density at radius 1 is 1.22 bits per heavy atom. The number of fused-ring (bicyclic) bond motifs is 2. The highest BCUT2D eigenvalue weighted by Crippen LogP contribution is 2.46. The zero-order valence-electron chi connectivity index (χ0n) is 13.8. The van der Waals surface area contributed by atoms with Gasteiger partial charge in [0.2, 0.25) is 0 Å². The Bertz CT molecular complexity index is 658. The second-order valence-electron chi connectivity index (χ2n) is 6.76. The lowest BCUT2D eigenvalue weighted by atomic mass is 9.68. The molecule has 0 saturated heterocycles. The van der Waals surface area contributed by atoms with E-state index in [2.05, 4.69) is 66.9 Å². The number of nitrogens with one attached hydrogen (secondary N) is 1. The van der Waals surface area contributed by atoms with E-state index in [4.69, 9.17) is 4.74 Å². The Morgan fingerprint density at radius 3 is 2.91 bits per heavy atom. The molecule has 120 valence electrons. The lowest BCUT2D eigenvalue weighted by Gasteiger charge is -2.48. The fourth-order valence-corrected chi connectivity index (χ4v) is 4.46. The first kappa shape index (κ1) is 14.9. The third-order valence-electron chi connectivity index (χ3n) is 5.55. The van der Waals surface area contributed by atoms with Crippen LogP contribution in [0.4, 0.5) is 0 Å². The van der Waals surface area contributed by atoms with Crippen molar-refractivity contribution >= 4 is 0 Å². The van der Waals surface area contributed by atoms with Crippen molar-refractivity contribution in [2.45, 2.75) is 43.7 Å². The summed E-state index contributed by atoms with van der Waals surface area (Å²) < 4.78 is 6.37. The first-order valence-corrected chi connectivity index (χ1v) is 8.83. The molecule has 3 atom stereocenters. The topological polar surface area (TPSA) is 21.3 Å². The van der Waals surface area contributed by atoms with Crippen molar-refractivity contribution in [1.29, 1.82) is 0 Å². The summed E-state index contributed by atoms with van der Waals surface area (Å²) in [5.41, 5.74) is 4.30. The van der Waals surface area contributed by atoms with Crippen LogP contribution < -0.4 is 5.32 Å². The highest BCUT2D eigenvalue weighted by atomic mass is 16.5. The van der Waals surface area contributed by atoms with Gasteiger partial charge in [0.15, 0.2) is 0 Å². The van der Waals surface area contributed by atoms with Crippen LogP contribution in [-0.4, -0.2) is 24.8 Å². The van der Waals surface area contributed by atoms with E-state index in [1.807, 2.05) is 0 Å². The third-order valence-corrected chi connectivity index (χ3v) is 5.55. The van der Waals surface area contributed by atoms with E-state index in [9.17, 15) is 0 Å². The van der Waals surface area contributed by atoms with E-state index in [0.717, 1.165) is 19.6 Å². The summed E-state index contributed by atoms with van der Waals surface area (Å²) in [6.45, 7) is 3.85. The number of hydrogen-bond donors (Lipinski definition) is 1. The van der Waals surface area contributed by atoms with Gasteiger partial charge in [0.1, 0.15) is 5.60 Å². The largest absolute Gasteiger partial charge is 0.365 e. The summed E-state index contributed by atoms with van der Waals surface area (Å²) in [6, 6.07) is 11.2. The van der Waals surface area contributed by atoms with Gasteiger partial charge in [-0.15, -0.1) is 0 Å². The molecular formula is C21H25NO. The maximum atomic E-state index is 6.37. The van der Waals surface area contributed by atoms with Crippen LogP contribution in [0.25, 0.3) is 0 Å². The van der Waals surface area contributed by atoms with Crippen LogP contribution in [0.5, 0.6) is 0 Å². The molecule has 1 N–H and O–H groups in total. The van der Waals surface area contributed by atoms with Crippen molar-refractivity contribution < 1.29 is 4.74 Å². The number of allylic oxidation sites excluding steroid dienone is 2. The van der Waals surface area contributed by atoms with Crippen LogP contribution in [0.3, 0.4) is 0 Å². The molecule has 3 aliphatic rings. The predicted octanol–water partition coefficient (Wildman–Crippen LogP) is 4.12. The molecule has 1 aliphatic heterocycles. The fraction of sp³-hybridized carbons (Fsp3) is 0.429. The van der Waals surface area contributed by atoms with Crippen molar-refractivity contribution in [3.05, 3.63) is 71.3 Å². The second kappa shape index (κ2) is 6.10. The van der Waals surface area contributed by atoms with E-state index in [1.54, 1.807) is 5.57 Å². The van der Waals surface area contributed by atoms with Crippen LogP contribution in [0.2, 0.25) is 0 Å². The van der Waals surface area contributed by atoms with E-state index in [0.29, 0.717) is 5.92 Å². The predicted molar refractivity (Wildman–Crippen MR) is 94.5 cm³/mol. The van der Waals surface area contributed by atoms with E-state index in [1.165, 1.54) is 24.0 Å². The molecule has 1 heterocycles. The van der Waals surface area contributed by atoms with Crippen molar-refractivity contribution in [2.24, 2.45) is 0 Å². The van der Waals surface area contributed by atoms with Gasteiger partial charge < -0.3 is 10.1 Å². The van der Waals surface area contributed by atoms with Gasteiger partial charge in [-0.2, -0.15) is 0 Å². The first-order chi connectivity index (χ1) is 11.3. The zero-order valence-corrected chi connectivity index (χ0v) is 13.8. The highest BCUT2D eigenvalue weighted by molar-refractivity contribution is 5.45. The van der Waals surface area contributed by atoms with Crippen molar-refractivity contribution in [2.75, 3.05) is 13.2 Å². The van der Waals surface area contributed by atoms with Crippen molar-refractivity contribution in [3.63, 3.8) is 0 Å². The maximum absolute atomic E-state index is 6.37. The van der Waals surface area contributed by atoms with Gasteiger partial charge in [-0.05, 0) is 49.3 Å². The van der Waals surface area contributed by atoms with Crippen LogP contribution in [0.1, 0.15) is 37.7 Å². The number of hydrogen-bond acceptors (Lipinski definition) is 2. The molecule has 2 nitrogen and oxygen atoms in total. The SMILES string of the molecule is CCOC12C=CC=CC1NCC1=C2CC(c2ccccc2)CC1. The number of ether oxygens (including phenoxy) is 1. The Morgan fingerprint density at radius 2 is 2.09 bits per heavy atom. The molecule has 0 amide bonds. The van der Waals surface area contributed by atoms with Crippen LogP contribution in [0, 0.1) is 0 Å². The monoisotopic (exact) mass is 307 g/mol. The number of rotatable bonds is 3. The Balaban J connectivity index is 1.71. The molecule has 23 heavy (non-hydrogen) atoms. The molecule has 0 radical (unpaired) electrons. The highest BCUT2D eigenvalue weighted by Gasteiger charge is 2.46. The maximum Gasteiger partial charge on any atom is 0.127 e. The average Bonchev–Trinajstić information content (AvgIpc) is 2.62. The molecule has 0 bridgehead atoms. The van der Waals surface area contributed by atoms with Crippen LogP contribution >= 0.6 is 0 Å². The van der Waals surface area contributed by atoms with Gasteiger partial charge in [-0.25, -0.2) is 0 Å². The Labute approximate surface area is 138 Å². The molecule has 1 aromatic rings. The fourth-order valence-electron chi connectivity index (χ4n) is 4.46. The van der Waals surface area contributed by atoms with Crippen molar-refractivity contribution in [3.8, 4) is 0 Å². The van der Waals surface area contributed by atoms with Crippen molar-refractivity contribution in [1.82, 2.24) is 5.32 Å². The minimum absolute atomic E-state index is 0.265. The third kappa shape index (κ3) is 2.50. The molecule has 0 saturated carbocycles. The normalized spacial score (nSPS) is 32.6. The van der Waals surface area contributed by atoms with Crippen LogP contribution in [-0.2, 0) is 4.74 Å². The Kier molecular flexibility index (Phi) is 3.96. The Hall–Kier alpha value is -1.64. The van der Waals surface area contributed by atoms with Crippen LogP contribution in [0.15, 0.2) is 65.8 Å². The summed E-state index contributed by atoms with van der Waals surface area (Å²) in [6.07, 6.45) is 12.4. The molecule has 2 aliphatic carbocycles. The first-order valence-electron chi connectivity index (χ1n) is 8.83. The van der Waals surface area contributed by atoms with Gasteiger partial charge >= 0.3 is 0 Å². The summed E-state index contributed by atoms with van der Waals surface area (Å²) >= 11 is 0. The molecule has 0 spiro atoms. The van der Waals surface area contributed by atoms with E-state index >= 15 is 0 Å². The molecule has 4 rings (SSSR count). The molecule has 0 aromatic heterocycles. The second-order valence-corrected chi connectivity index (χ2v) is 6.76. The molecule has 3 unspecified atom stereocenters. The molecule has 0 fully saturated rings. The lowest BCUT2D eigenvalue weighted by molar-refractivity contribution is -0.000349. The van der Waals surface area contributed by atoms with E-state index < -0.39 is 0 Å². The smallest absolute Gasteiger partial charge is 0.127 e. The average molecular weight is 307 g/mol. The zero-order chi connectivity index (χ0) is 15.7. The quantitative estimate of drug-likeness (QED) is 0.848. The minimum atomic E-state index is -0.273. The van der Waals surface area contributed by atoms with Gasteiger partial charge in [0.25, 0.3) is 0 Å². The van der Waals surface area contributed by atoms with E-state index in [-0.39, 0.29) is 11.6 Å². The van der Waals surface area contributed by atoms with Gasteiger partial charge in [-0.1, -0.05) is 54.1 Å². The molecule has 1 aromatic carbocycles. The molecule has 2 heteroatoms. The molecular weight excluding hydrogens is 282 g/mol. The summed E-state index contributed by atoms with van der Waals surface area (Å²) in [7, 11) is 0. The summed E-state index contributed by atoms with van der Waals surface area (Å²) in [5, 5.41) is 3.68. The van der Waals surface area contributed by atoms with Gasteiger partial charge in [0, 0.05) is 13.2 Å². The minimum Gasteiger partial charge on any atom is -0.365 e.